The van der Waals surface area contributed by atoms with Gasteiger partial charge in [0.2, 0.25) is 5.88 Å². The van der Waals surface area contributed by atoms with E-state index in [1.54, 1.807) is 0 Å². The fourth-order valence-corrected chi connectivity index (χ4v) is 2.52. The summed E-state index contributed by atoms with van der Waals surface area (Å²) in [6.07, 6.45) is -1.56. The lowest BCUT2D eigenvalue weighted by Gasteiger charge is -2.38. The summed E-state index contributed by atoms with van der Waals surface area (Å²) >= 11 is 5.71. The number of nitrogens with one attached hydrogen (secondary N) is 1. The Morgan fingerprint density at radius 3 is 2.58 bits per heavy atom. The van der Waals surface area contributed by atoms with Crippen molar-refractivity contribution >= 4 is 23.3 Å². The molecule has 1 aromatic carbocycles. The second kappa shape index (κ2) is 7.36. The highest BCUT2D eigenvalue weighted by Gasteiger charge is 2.32. The lowest BCUT2D eigenvalue weighted by molar-refractivity contribution is -0.137. The number of likely N-dealkylation sites (tertiary alicyclic amines) is 1. The highest BCUT2D eigenvalue weighted by Crippen LogP contribution is 2.30. The number of carbonyl (C=O) groups is 1. The van der Waals surface area contributed by atoms with Gasteiger partial charge >= 0.3 is 12.2 Å². The van der Waals surface area contributed by atoms with E-state index in [0.29, 0.717) is 31.3 Å². The third-order valence-electron chi connectivity index (χ3n) is 3.76. The number of carbonyl (C=O) groups excluding carboxylic acids is 1. The summed E-state index contributed by atoms with van der Waals surface area (Å²) in [5, 5.41) is 2.79. The van der Waals surface area contributed by atoms with E-state index in [2.05, 4.69) is 15.3 Å². The van der Waals surface area contributed by atoms with Crippen molar-refractivity contribution in [3.63, 3.8) is 0 Å². The van der Waals surface area contributed by atoms with E-state index in [4.69, 9.17) is 16.3 Å². The molecule has 0 bridgehead atoms. The van der Waals surface area contributed by atoms with E-state index in [0.717, 1.165) is 12.1 Å². The van der Waals surface area contributed by atoms with Crippen LogP contribution in [0.2, 0.25) is 5.15 Å². The van der Waals surface area contributed by atoms with Crippen LogP contribution in [0.1, 0.15) is 5.56 Å². The molecule has 0 saturated carbocycles. The van der Waals surface area contributed by atoms with Crippen LogP contribution in [0.5, 0.6) is 5.88 Å². The minimum Gasteiger partial charge on any atom is -0.476 e. The minimum absolute atomic E-state index is 0.133. The zero-order chi connectivity index (χ0) is 18.7. The zero-order valence-corrected chi connectivity index (χ0v) is 14.1. The zero-order valence-electron chi connectivity index (χ0n) is 13.3. The molecule has 138 valence electrons. The molecule has 2 heterocycles. The van der Waals surface area contributed by atoms with Crippen molar-refractivity contribution in [3.8, 4) is 5.88 Å². The normalized spacial score (nSPS) is 14.7. The van der Waals surface area contributed by atoms with Gasteiger partial charge < -0.3 is 15.0 Å². The van der Waals surface area contributed by atoms with Crippen molar-refractivity contribution in [3.05, 3.63) is 47.4 Å². The van der Waals surface area contributed by atoms with Crippen LogP contribution in [-0.2, 0) is 6.18 Å². The fraction of sp³-hybridized carbons (Fsp3) is 0.312. The van der Waals surface area contributed by atoms with Gasteiger partial charge in [-0.25, -0.2) is 4.79 Å². The van der Waals surface area contributed by atoms with Crippen LogP contribution in [0, 0.1) is 5.92 Å². The summed E-state index contributed by atoms with van der Waals surface area (Å²) in [7, 11) is 0. The van der Waals surface area contributed by atoms with Gasteiger partial charge in [-0.3, -0.25) is 4.98 Å². The number of ether oxygens (including phenoxy) is 1. The Bertz CT molecular complexity index is 780. The minimum atomic E-state index is -4.40. The van der Waals surface area contributed by atoms with Gasteiger partial charge in [0.05, 0.1) is 24.6 Å². The van der Waals surface area contributed by atoms with Crippen molar-refractivity contribution in [2.75, 3.05) is 25.0 Å². The second-order valence-corrected chi connectivity index (χ2v) is 6.15. The molecule has 2 aromatic rings. The van der Waals surface area contributed by atoms with Gasteiger partial charge in [0, 0.05) is 24.7 Å². The molecule has 1 aromatic heterocycles. The predicted octanol–water partition coefficient (Wildman–Crippen LogP) is 3.69. The van der Waals surface area contributed by atoms with Crippen LogP contribution in [0.4, 0.5) is 23.7 Å². The third-order valence-corrected chi connectivity index (χ3v) is 3.94. The number of amides is 2. The lowest BCUT2D eigenvalue weighted by Crippen LogP contribution is -2.53. The van der Waals surface area contributed by atoms with Gasteiger partial charge in [-0.2, -0.15) is 18.2 Å². The first-order valence-electron chi connectivity index (χ1n) is 7.65. The summed E-state index contributed by atoms with van der Waals surface area (Å²) in [5.41, 5.74) is -0.460. The van der Waals surface area contributed by atoms with Crippen molar-refractivity contribution in [1.82, 2.24) is 14.9 Å². The number of hydrogen-bond donors (Lipinski definition) is 1. The number of benzene rings is 1. The molecular weight excluding hydrogens is 373 g/mol. The van der Waals surface area contributed by atoms with Gasteiger partial charge in [0.1, 0.15) is 0 Å². The Kier molecular flexibility index (Phi) is 5.17. The van der Waals surface area contributed by atoms with Gasteiger partial charge in [0.15, 0.2) is 5.15 Å². The number of rotatable bonds is 4. The van der Waals surface area contributed by atoms with E-state index in [9.17, 15) is 18.0 Å². The quantitative estimate of drug-likeness (QED) is 0.870. The number of alkyl halides is 3. The van der Waals surface area contributed by atoms with Crippen molar-refractivity contribution < 1.29 is 22.7 Å². The molecule has 26 heavy (non-hydrogen) atoms. The average Bonchev–Trinajstić information content (AvgIpc) is 2.53. The van der Waals surface area contributed by atoms with Crippen LogP contribution in [-0.4, -0.2) is 40.6 Å². The topological polar surface area (TPSA) is 67.4 Å². The maximum Gasteiger partial charge on any atom is 0.416 e. The summed E-state index contributed by atoms with van der Waals surface area (Å²) in [6, 6.07) is 3.92. The molecule has 2 amide bonds. The van der Waals surface area contributed by atoms with E-state index in [1.807, 2.05) is 0 Å². The molecule has 0 atom stereocenters. The first-order valence-corrected chi connectivity index (χ1v) is 8.02. The van der Waals surface area contributed by atoms with Crippen LogP contribution >= 0.6 is 11.6 Å². The molecule has 1 saturated heterocycles. The van der Waals surface area contributed by atoms with Gasteiger partial charge in [0.25, 0.3) is 0 Å². The van der Waals surface area contributed by atoms with E-state index in [1.165, 1.54) is 29.4 Å². The van der Waals surface area contributed by atoms with Crippen LogP contribution in [0.25, 0.3) is 0 Å². The first-order chi connectivity index (χ1) is 12.3. The lowest BCUT2D eigenvalue weighted by atomic mass is 10.0. The number of nitrogens with zero attached hydrogens (tertiary/aromatic N) is 3. The number of anilines is 1. The molecule has 6 nitrogen and oxygen atoms in total. The SMILES string of the molecule is O=C(Nc1ccc(C(F)(F)F)cc1)N1CC(COc2cncc(Cl)n2)C1. The highest BCUT2D eigenvalue weighted by atomic mass is 35.5. The fourth-order valence-electron chi connectivity index (χ4n) is 2.38. The third kappa shape index (κ3) is 4.54. The van der Waals surface area contributed by atoms with Gasteiger partial charge in [-0.15, -0.1) is 0 Å². The molecule has 1 N–H and O–H groups in total. The molecular formula is C16H14ClF3N4O2. The number of urea groups is 1. The molecule has 0 unspecified atom stereocenters. The number of aromatic nitrogens is 2. The first kappa shape index (κ1) is 18.2. The largest absolute Gasteiger partial charge is 0.476 e. The standard InChI is InChI=1S/C16H14ClF3N4O2/c17-13-5-21-6-14(23-13)26-9-10-7-24(8-10)15(25)22-12-3-1-11(2-4-12)16(18,19)20/h1-6,10H,7-9H2,(H,22,25). The maximum atomic E-state index is 12.5. The van der Waals surface area contributed by atoms with Crippen LogP contribution in [0.3, 0.4) is 0 Å². The smallest absolute Gasteiger partial charge is 0.416 e. The van der Waals surface area contributed by atoms with E-state index in [-0.39, 0.29) is 17.1 Å². The van der Waals surface area contributed by atoms with E-state index >= 15 is 0 Å². The Balaban J connectivity index is 1.43. The Hall–Kier alpha value is -2.55. The Morgan fingerprint density at radius 2 is 1.96 bits per heavy atom. The second-order valence-electron chi connectivity index (χ2n) is 5.77. The molecule has 0 radical (unpaired) electrons. The van der Waals surface area contributed by atoms with Crippen molar-refractivity contribution in [2.45, 2.75) is 6.18 Å². The molecule has 10 heteroatoms. The number of halogens is 4. The molecule has 1 fully saturated rings. The summed E-state index contributed by atoms with van der Waals surface area (Å²) in [6.45, 7) is 1.31. The van der Waals surface area contributed by atoms with Gasteiger partial charge in [-0.05, 0) is 24.3 Å². The molecule has 1 aliphatic rings. The Morgan fingerprint density at radius 1 is 1.27 bits per heavy atom. The maximum absolute atomic E-state index is 12.5. The van der Waals surface area contributed by atoms with Crippen LogP contribution in [0.15, 0.2) is 36.7 Å². The molecule has 3 rings (SSSR count). The average molecular weight is 387 g/mol. The predicted molar refractivity (Wildman–Crippen MR) is 88.1 cm³/mol. The van der Waals surface area contributed by atoms with Crippen molar-refractivity contribution in [1.29, 1.82) is 0 Å². The van der Waals surface area contributed by atoms with Crippen LogP contribution < -0.4 is 10.1 Å². The van der Waals surface area contributed by atoms with Gasteiger partial charge in [-0.1, -0.05) is 11.6 Å². The van der Waals surface area contributed by atoms with Crippen molar-refractivity contribution in [2.24, 2.45) is 5.92 Å². The summed E-state index contributed by atoms with van der Waals surface area (Å²) in [4.78, 5) is 21.4. The summed E-state index contributed by atoms with van der Waals surface area (Å²) in [5.74, 6) is 0.444. The Labute approximate surface area is 151 Å². The highest BCUT2D eigenvalue weighted by molar-refractivity contribution is 6.29. The summed E-state index contributed by atoms with van der Waals surface area (Å²) < 4.78 is 43.0. The molecule has 0 spiro atoms. The molecule has 0 aliphatic carbocycles. The van der Waals surface area contributed by atoms with E-state index < -0.39 is 11.7 Å². The monoisotopic (exact) mass is 386 g/mol. The number of hydrogen-bond acceptors (Lipinski definition) is 4. The molecule has 1 aliphatic heterocycles.